The highest BCUT2D eigenvalue weighted by Gasteiger charge is 2.52. The molecule has 1 heterocycles. The van der Waals surface area contributed by atoms with Crippen molar-refractivity contribution in [2.45, 2.75) is 15.2 Å². The highest BCUT2D eigenvalue weighted by atomic mass is 32.2. The third kappa shape index (κ3) is 3.02. The van der Waals surface area contributed by atoms with Gasteiger partial charge in [0.05, 0.1) is 5.41 Å². The minimum atomic E-state index is -0.386. The first kappa shape index (κ1) is 24.9. The van der Waals surface area contributed by atoms with Crippen molar-refractivity contribution in [1.29, 1.82) is 0 Å². The minimum absolute atomic E-state index is 0.386. The molecule has 0 saturated carbocycles. The van der Waals surface area contributed by atoms with Crippen LogP contribution in [0, 0.1) is 0 Å². The molecule has 0 N–H and O–H groups in total. The van der Waals surface area contributed by atoms with Crippen molar-refractivity contribution in [2.24, 2.45) is 0 Å². The normalized spacial score (nSPS) is 14.2. The number of hydrogen-bond donors (Lipinski definition) is 0. The van der Waals surface area contributed by atoms with Crippen LogP contribution in [0.2, 0.25) is 0 Å². The van der Waals surface area contributed by atoms with Crippen molar-refractivity contribution in [3.05, 3.63) is 180 Å². The zero-order valence-electron chi connectivity index (χ0n) is 24.9. The number of benzene rings is 8. The lowest BCUT2D eigenvalue weighted by Gasteiger charge is -2.31. The predicted molar refractivity (Wildman–Crippen MR) is 193 cm³/mol. The maximum Gasteiger partial charge on any atom is 0.0731 e. The molecule has 0 fully saturated rings. The molecule has 1 aliphatic heterocycles. The van der Waals surface area contributed by atoms with Crippen molar-refractivity contribution in [2.75, 3.05) is 0 Å². The van der Waals surface area contributed by atoms with Gasteiger partial charge >= 0.3 is 0 Å². The average molecular weight is 599 g/mol. The van der Waals surface area contributed by atoms with Crippen LogP contribution in [0.15, 0.2) is 168 Å². The predicted octanol–water partition coefficient (Wildman–Crippen LogP) is 12.1. The lowest BCUT2D eigenvalue weighted by Crippen LogP contribution is -2.26. The van der Waals surface area contributed by atoms with Gasteiger partial charge in [-0.25, -0.2) is 0 Å². The maximum absolute atomic E-state index is 2.51. The lowest BCUT2D eigenvalue weighted by molar-refractivity contribution is 0.801. The molecule has 2 aliphatic carbocycles. The average Bonchev–Trinajstić information content (AvgIpc) is 3.59. The molecule has 1 spiro atoms. The van der Waals surface area contributed by atoms with E-state index in [0.717, 1.165) is 0 Å². The summed E-state index contributed by atoms with van der Waals surface area (Å²) in [6, 6.07) is 59.5. The summed E-state index contributed by atoms with van der Waals surface area (Å²) in [6.45, 7) is 0. The van der Waals surface area contributed by atoms with Crippen LogP contribution in [0.4, 0.5) is 0 Å². The second-order valence-electron chi connectivity index (χ2n) is 12.8. The quantitative estimate of drug-likeness (QED) is 0.181. The molecular formula is C45H26S. The van der Waals surface area contributed by atoms with E-state index in [1.165, 1.54) is 98.1 Å². The summed E-state index contributed by atoms with van der Waals surface area (Å²) in [5.41, 5.74) is 15.7. The summed E-state index contributed by atoms with van der Waals surface area (Å²) in [4.78, 5) is 2.67. The Morgan fingerprint density at radius 3 is 1.85 bits per heavy atom. The summed E-state index contributed by atoms with van der Waals surface area (Å²) >= 11 is 1.89. The van der Waals surface area contributed by atoms with Gasteiger partial charge in [-0.1, -0.05) is 145 Å². The summed E-state index contributed by atoms with van der Waals surface area (Å²) < 4.78 is 0. The number of hydrogen-bond acceptors (Lipinski definition) is 1. The summed E-state index contributed by atoms with van der Waals surface area (Å²) in [7, 11) is 0. The first-order chi connectivity index (χ1) is 22.8. The van der Waals surface area contributed by atoms with Crippen LogP contribution in [0.3, 0.4) is 0 Å². The van der Waals surface area contributed by atoms with Crippen molar-refractivity contribution in [3.63, 3.8) is 0 Å². The van der Waals surface area contributed by atoms with E-state index < -0.39 is 0 Å². The van der Waals surface area contributed by atoms with Crippen LogP contribution in [-0.4, -0.2) is 0 Å². The molecule has 0 bridgehead atoms. The van der Waals surface area contributed by atoms with Crippen molar-refractivity contribution in [3.8, 4) is 44.5 Å². The molecule has 1 heteroatoms. The Hall–Kier alpha value is -5.37. The Bertz CT molecular complexity index is 2570. The van der Waals surface area contributed by atoms with E-state index in [2.05, 4.69) is 158 Å². The largest absolute Gasteiger partial charge is 0.0888 e. The van der Waals surface area contributed by atoms with E-state index in [1.54, 1.807) is 0 Å². The molecule has 0 radical (unpaired) electrons. The van der Waals surface area contributed by atoms with Gasteiger partial charge in [0.25, 0.3) is 0 Å². The molecule has 8 aromatic carbocycles. The molecule has 3 aliphatic rings. The molecule has 0 nitrogen and oxygen atoms in total. The van der Waals surface area contributed by atoms with E-state index in [0.29, 0.717) is 0 Å². The lowest BCUT2D eigenvalue weighted by atomic mass is 9.69. The topological polar surface area (TPSA) is 0 Å². The van der Waals surface area contributed by atoms with Crippen LogP contribution < -0.4 is 0 Å². The molecule has 46 heavy (non-hydrogen) atoms. The standard InChI is InChI=1S/C45H26S/c1-2-12-31-27(9-1)19-23-36-34-22-20-30(29-21-24-41-37(25-29)35-15-7-10-28-11-8-18-42(46-41)43(28)35)26-40(34)45(44(31)36)38-16-5-3-13-32(38)33-14-4-6-17-39(33)45/h1-26H. The molecule has 8 aromatic rings. The third-order valence-corrected chi connectivity index (χ3v) is 11.8. The van der Waals surface area contributed by atoms with E-state index in [-0.39, 0.29) is 5.41 Å². The monoisotopic (exact) mass is 598 g/mol. The molecule has 0 saturated heterocycles. The van der Waals surface area contributed by atoms with Crippen molar-refractivity contribution in [1.82, 2.24) is 0 Å². The summed E-state index contributed by atoms with van der Waals surface area (Å²) in [5.74, 6) is 0. The van der Waals surface area contributed by atoms with Gasteiger partial charge in [0, 0.05) is 15.2 Å². The second kappa shape index (κ2) is 8.88. The highest BCUT2D eigenvalue weighted by molar-refractivity contribution is 7.99. The summed E-state index contributed by atoms with van der Waals surface area (Å²) in [5, 5.41) is 5.30. The van der Waals surface area contributed by atoms with Crippen molar-refractivity contribution >= 4 is 33.3 Å². The van der Waals surface area contributed by atoms with E-state index in [9.17, 15) is 0 Å². The van der Waals surface area contributed by atoms with Gasteiger partial charge in [-0.05, 0) is 107 Å². The first-order valence-electron chi connectivity index (χ1n) is 16.0. The summed E-state index contributed by atoms with van der Waals surface area (Å²) in [6.07, 6.45) is 0. The van der Waals surface area contributed by atoms with Crippen LogP contribution in [0.5, 0.6) is 0 Å². The van der Waals surface area contributed by atoms with Crippen LogP contribution in [-0.2, 0) is 5.41 Å². The molecule has 0 amide bonds. The molecule has 0 atom stereocenters. The Morgan fingerprint density at radius 2 is 1.00 bits per heavy atom. The van der Waals surface area contributed by atoms with E-state index in [1.807, 2.05) is 11.8 Å². The van der Waals surface area contributed by atoms with Crippen LogP contribution in [0.1, 0.15) is 22.3 Å². The molecule has 11 rings (SSSR count). The SMILES string of the molecule is c1ccc2c(c1)-c1ccccc1C21c2cc(-c3ccc4c(c3)-c3cccc5cccc(c35)S4)ccc2-c2ccc3ccccc3c21. The second-order valence-corrected chi connectivity index (χ2v) is 13.9. The molecule has 212 valence electrons. The van der Waals surface area contributed by atoms with Gasteiger partial charge in [-0.15, -0.1) is 0 Å². The number of fused-ring (bicyclic) bond motifs is 14. The third-order valence-electron chi connectivity index (χ3n) is 10.7. The van der Waals surface area contributed by atoms with Gasteiger partial charge in [-0.2, -0.15) is 0 Å². The zero-order valence-corrected chi connectivity index (χ0v) is 25.7. The Morgan fingerprint density at radius 1 is 0.370 bits per heavy atom. The van der Waals surface area contributed by atoms with Gasteiger partial charge in [0.2, 0.25) is 0 Å². The first-order valence-corrected chi connectivity index (χ1v) is 16.8. The Labute approximate surface area is 272 Å². The van der Waals surface area contributed by atoms with Crippen LogP contribution in [0.25, 0.3) is 66.1 Å². The molecular weight excluding hydrogens is 573 g/mol. The number of rotatable bonds is 1. The fourth-order valence-electron chi connectivity index (χ4n) is 8.84. The van der Waals surface area contributed by atoms with Crippen molar-refractivity contribution < 1.29 is 0 Å². The zero-order chi connectivity index (χ0) is 30.0. The molecule has 0 unspecified atom stereocenters. The minimum Gasteiger partial charge on any atom is -0.0888 e. The smallest absolute Gasteiger partial charge is 0.0731 e. The van der Waals surface area contributed by atoms with Gasteiger partial charge < -0.3 is 0 Å². The van der Waals surface area contributed by atoms with Gasteiger partial charge in [0.15, 0.2) is 0 Å². The van der Waals surface area contributed by atoms with Gasteiger partial charge in [-0.3, -0.25) is 0 Å². The Kier molecular flexibility index (Phi) is 4.80. The van der Waals surface area contributed by atoms with Gasteiger partial charge in [0.1, 0.15) is 0 Å². The fraction of sp³-hybridized carbons (Fsp3) is 0.0222. The highest BCUT2D eigenvalue weighted by Crippen LogP contribution is 2.64. The van der Waals surface area contributed by atoms with Crippen LogP contribution >= 0.6 is 11.8 Å². The van der Waals surface area contributed by atoms with E-state index in [4.69, 9.17) is 0 Å². The molecule has 0 aromatic heterocycles. The fourth-order valence-corrected chi connectivity index (χ4v) is 9.97. The van der Waals surface area contributed by atoms with E-state index >= 15 is 0 Å². The Balaban J connectivity index is 1.20. The maximum atomic E-state index is 2.51.